The number of hydrogen-bond acceptors (Lipinski definition) is 6. The van der Waals surface area contributed by atoms with Crippen LogP contribution >= 0.6 is 0 Å². The zero-order valence-electron chi connectivity index (χ0n) is 13.7. The molecule has 130 valence electrons. The molecule has 0 bridgehead atoms. The number of benzene rings is 1. The lowest BCUT2D eigenvalue weighted by atomic mass is 10.0. The second-order valence-electron chi connectivity index (χ2n) is 6.07. The van der Waals surface area contributed by atoms with E-state index in [9.17, 15) is 19.2 Å². The van der Waals surface area contributed by atoms with Crippen LogP contribution in [0.25, 0.3) is 0 Å². The molecule has 2 aliphatic heterocycles. The number of piperidine rings is 1. The molecule has 3 rings (SSSR count). The molecule has 1 aromatic carbocycles. The van der Waals surface area contributed by atoms with Gasteiger partial charge in [-0.15, -0.1) is 0 Å². The average molecular weight is 342 g/mol. The minimum Gasteiger partial charge on any atom is -0.351 e. The second kappa shape index (κ2) is 6.48. The number of nitrogens with two attached hydrogens (primary N) is 1. The fourth-order valence-electron chi connectivity index (χ4n) is 3.01. The SMILES string of the molecule is Cc1cc(CN)cc(NC2=CC(=O)N(C3CCC(=O)NC3=O)C2=O)c1. The summed E-state index contributed by atoms with van der Waals surface area (Å²) in [5, 5.41) is 5.08. The van der Waals surface area contributed by atoms with E-state index in [2.05, 4.69) is 10.6 Å². The normalized spacial score (nSPS) is 20.6. The highest BCUT2D eigenvalue weighted by atomic mass is 16.2. The standard InChI is InChI=1S/C17H18N4O4/c1-9-4-10(8-18)6-11(5-9)19-12-7-15(23)21(17(12)25)13-2-3-14(22)20-16(13)24/h4-7,13,19H,2-3,8,18H2,1H3,(H,20,22,24). The van der Waals surface area contributed by atoms with Crippen molar-refractivity contribution >= 4 is 29.3 Å². The van der Waals surface area contributed by atoms with Crippen molar-refractivity contribution in [3.05, 3.63) is 41.1 Å². The third-order valence-corrected chi connectivity index (χ3v) is 4.13. The first-order chi connectivity index (χ1) is 11.9. The molecule has 2 aliphatic rings. The van der Waals surface area contributed by atoms with Gasteiger partial charge in [0.05, 0.1) is 0 Å². The van der Waals surface area contributed by atoms with E-state index in [0.29, 0.717) is 12.2 Å². The van der Waals surface area contributed by atoms with Crippen molar-refractivity contribution in [2.45, 2.75) is 32.4 Å². The number of carbonyl (C=O) groups is 4. The van der Waals surface area contributed by atoms with Crippen LogP contribution < -0.4 is 16.4 Å². The van der Waals surface area contributed by atoms with Gasteiger partial charge in [-0.05, 0) is 36.6 Å². The van der Waals surface area contributed by atoms with Crippen LogP contribution in [0, 0.1) is 6.92 Å². The largest absolute Gasteiger partial charge is 0.351 e. The summed E-state index contributed by atoms with van der Waals surface area (Å²) in [5.41, 5.74) is 8.22. The summed E-state index contributed by atoms with van der Waals surface area (Å²) in [6, 6.07) is 4.58. The molecule has 1 saturated heterocycles. The first-order valence-corrected chi connectivity index (χ1v) is 7.89. The minimum atomic E-state index is -0.967. The highest BCUT2D eigenvalue weighted by molar-refractivity contribution is 6.20. The van der Waals surface area contributed by atoms with Gasteiger partial charge < -0.3 is 11.1 Å². The first kappa shape index (κ1) is 16.8. The Kier molecular flexibility index (Phi) is 4.37. The van der Waals surface area contributed by atoms with Crippen molar-refractivity contribution in [1.82, 2.24) is 10.2 Å². The molecule has 0 aromatic heterocycles. The van der Waals surface area contributed by atoms with Crippen LogP contribution in [-0.4, -0.2) is 34.6 Å². The van der Waals surface area contributed by atoms with E-state index in [-0.39, 0.29) is 18.5 Å². The molecule has 0 spiro atoms. The van der Waals surface area contributed by atoms with Crippen molar-refractivity contribution in [3.8, 4) is 0 Å². The summed E-state index contributed by atoms with van der Waals surface area (Å²) >= 11 is 0. The molecule has 1 aromatic rings. The van der Waals surface area contributed by atoms with Crippen LogP contribution in [-0.2, 0) is 25.7 Å². The molecule has 1 unspecified atom stereocenters. The Bertz CT molecular complexity index is 815. The topological polar surface area (TPSA) is 122 Å². The summed E-state index contributed by atoms with van der Waals surface area (Å²) in [4.78, 5) is 48.8. The summed E-state index contributed by atoms with van der Waals surface area (Å²) in [6.45, 7) is 2.25. The molecular formula is C17H18N4O4. The minimum absolute atomic E-state index is 0.0864. The van der Waals surface area contributed by atoms with Crippen LogP contribution in [0.3, 0.4) is 0 Å². The summed E-state index contributed by atoms with van der Waals surface area (Å²) < 4.78 is 0. The first-order valence-electron chi connectivity index (χ1n) is 7.89. The number of nitrogens with zero attached hydrogens (tertiary/aromatic N) is 1. The van der Waals surface area contributed by atoms with Gasteiger partial charge in [-0.1, -0.05) is 6.07 Å². The molecule has 2 heterocycles. The van der Waals surface area contributed by atoms with Gasteiger partial charge >= 0.3 is 0 Å². The van der Waals surface area contributed by atoms with Crippen molar-refractivity contribution in [1.29, 1.82) is 0 Å². The number of aryl methyl sites for hydroxylation is 1. The number of carbonyl (C=O) groups excluding carboxylic acids is 4. The summed E-state index contributed by atoms with van der Waals surface area (Å²) in [5.74, 6) is -2.20. The van der Waals surface area contributed by atoms with E-state index in [4.69, 9.17) is 5.73 Å². The maximum atomic E-state index is 12.6. The number of rotatable bonds is 4. The predicted octanol–water partition coefficient (Wildman–Crippen LogP) is -0.0765. The number of anilines is 1. The van der Waals surface area contributed by atoms with Gasteiger partial charge in [0.2, 0.25) is 11.8 Å². The fraction of sp³-hybridized carbons (Fsp3) is 0.294. The third kappa shape index (κ3) is 3.29. The van der Waals surface area contributed by atoms with Gasteiger partial charge in [-0.3, -0.25) is 29.4 Å². The summed E-state index contributed by atoms with van der Waals surface area (Å²) in [7, 11) is 0. The highest BCUT2D eigenvalue weighted by Gasteiger charge is 2.42. The van der Waals surface area contributed by atoms with E-state index in [1.54, 1.807) is 6.07 Å². The van der Waals surface area contributed by atoms with Gasteiger partial charge in [0, 0.05) is 24.7 Å². The molecule has 0 saturated carbocycles. The average Bonchev–Trinajstić information content (AvgIpc) is 2.81. The lowest BCUT2D eigenvalue weighted by Crippen LogP contribution is -2.54. The van der Waals surface area contributed by atoms with Crippen LogP contribution in [0.1, 0.15) is 24.0 Å². The Morgan fingerprint density at radius 3 is 2.68 bits per heavy atom. The van der Waals surface area contributed by atoms with Gasteiger partial charge in [0.1, 0.15) is 11.7 Å². The van der Waals surface area contributed by atoms with Gasteiger partial charge in [-0.25, -0.2) is 0 Å². The van der Waals surface area contributed by atoms with Crippen LogP contribution in [0.2, 0.25) is 0 Å². The zero-order chi connectivity index (χ0) is 18.1. The lowest BCUT2D eigenvalue weighted by Gasteiger charge is -2.28. The molecule has 8 heteroatoms. The Morgan fingerprint density at radius 2 is 2.00 bits per heavy atom. The van der Waals surface area contributed by atoms with Crippen molar-refractivity contribution in [3.63, 3.8) is 0 Å². The third-order valence-electron chi connectivity index (χ3n) is 4.13. The number of imide groups is 2. The Balaban J connectivity index is 1.79. The van der Waals surface area contributed by atoms with Gasteiger partial charge in [-0.2, -0.15) is 0 Å². The number of amides is 4. The summed E-state index contributed by atoms with van der Waals surface area (Å²) in [6.07, 6.45) is 1.38. The van der Waals surface area contributed by atoms with Crippen molar-refractivity contribution in [2.75, 3.05) is 5.32 Å². The Morgan fingerprint density at radius 1 is 1.24 bits per heavy atom. The molecular weight excluding hydrogens is 324 g/mol. The number of hydrogen-bond donors (Lipinski definition) is 3. The molecule has 1 fully saturated rings. The van der Waals surface area contributed by atoms with Crippen LogP contribution in [0.15, 0.2) is 30.0 Å². The Hall–Kier alpha value is -3.00. The second-order valence-corrected chi connectivity index (χ2v) is 6.07. The van der Waals surface area contributed by atoms with Crippen molar-refractivity contribution < 1.29 is 19.2 Å². The molecule has 25 heavy (non-hydrogen) atoms. The van der Waals surface area contributed by atoms with E-state index in [0.717, 1.165) is 22.1 Å². The predicted molar refractivity (Wildman–Crippen MR) is 88.8 cm³/mol. The maximum Gasteiger partial charge on any atom is 0.278 e. The van der Waals surface area contributed by atoms with E-state index < -0.39 is 29.7 Å². The maximum absolute atomic E-state index is 12.6. The van der Waals surface area contributed by atoms with Gasteiger partial charge in [0.25, 0.3) is 11.8 Å². The number of nitrogens with one attached hydrogen (secondary N) is 2. The Labute approximate surface area is 144 Å². The molecule has 8 nitrogen and oxygen atoms in total. The molecule has 0 radical (unpaired) electrons. The highest BCUT2D eigenvalue weighted by Crippen LogP contribution is 2.23. The quantitative estimate of drug-likeness (QED) is 0.658. The molecule has 4 N–H and O–H groups in total. The molecule has 4 amide bonds. The molecule has 0 aliphatic carbocycles. The van der Waals surface area contributed by atoms with Gasteiger partial charge in [0.15, 0.2) is 0 Å². The monoisotopic (exact) mass is 342 g/mol. The van der Waals surface area contributed by atoms with E-state index >= 15 is 0 Å². The van der Waals surface area contributed by atoms with E-state index in [1.807, 2.05) is 19.1 Å². The lowest BCUT2D eigenvalue weighted by molar-refractivity contribution is -0.149. The van der Waals surface area contributed by atoms with E-state index in [1.165, 1.54) is 0 Å². The van der Waals surface area contributed by atoms with Crippen molar-refractivity contribution in [2.24, 2.45) is 5.73 Å². The zero-order valence-corrected chi connectivity index (χ0v) is 13.7. The van der Waals surface area contributed by atoms with Crippen LogP contribution in [0.5, 0.6) is 0 Å². The fourth-order valence-corrected chi connectivity index (χ4v) is 3.01. The molecule has 1 atom stereocenters. The smallest absolute Gasteiger partial charge is 0.278 e. The van der Waals surface area contributed by atoms with Crippen LogP contribution in [0.4, 0.5) is 5.69 Å².